The predicted octanol–water partition coefficient (Wildman–Crippen LogP) is 4.06. The molecule has 1 atom stereocenters. The van der Waals surface area contributed by atoms with Crippen LogP contribution >= 0.6 is 0 Å². The third-order valence-corrected chi connectivity index (χ3v) is 7.18. The van der Waals surface area contributed by atoms with E-state index in [2.05, 4.69) is 43.1 Å². The van der Waals surface area contributed by atoms with Gasteiger partial charge in [-0.25, -0.2) is 0 Å². The van der Waals surface area contributed by atoms with Gasteiger partial charge in [0, 0.05) is 30.1 Å². The minimum Gasteiger partial charge on any atom is -0.381 e. The zero-order chi connectivity index (χ0) is 21.5. The van der Waals surface area contributed by atoms with Crippen LogP contribution < -0.4 is 5.32 Å². The number of ketones is 1. The zero-order valence-electron chi connectivity index (χ0n) is 18.4. The number of fused-ring (bicyclic) bond motifs is 3. The fourth-order valence-corrected chi connectivity index (χ4v) is 5.52. The fourth-order valence-electron chi connectivity index (χ4n) is 5.52. The van der Waals surface area contributed by atoms with Gasteiger partial charge in [0.05, 0.1) is 6.10 Å². The van der Waals surface area contributed by atoms with Gasteiger partial charge in [-0.1, -0.05) is 31.8 Å². The second-order valence-corrected chi connectivity index (χ2v) is 9.56. The van der Waals surface area contributed by atoms with Crippen LogP contribution in [-0.2, 0) is 26.3 Å². The maximum Gasteiger partial charge on any atom is 0.248 e. The number of carbonyl (C=O) groups excluding carboxylic acids is 2. The molecule has 1 unspecified atom stereocenters. The summed E-state index contributed by atoms with van der Waals surface area (Å²) >= 11 is 0. The Morgan fingerprint density at radius 1 is 1.23 bits per heavy atom. The number of ether oxygens (including phenoxy) is 1. The molecule has 4 heteroatoms. The van der Waals surface area contributed by atoms with Crippen molar-refractivity contribution in [2.75, 3.05) is 7.11 Å². The number of hydrogen-bond acceptors (Lipinski definition) is 3. The van der Waals surface area contributed by atoms with Crippen molar-refractivity contribution in [1.29, 1.82) is 0 Å². The van der Waals surface area contributed by atoms with E-state index < -0.39 is 5.54 Å². The van der Waals surface area contributed by atoms with Crippen molar-refractivity contribution in [2.24, 2.45) is 11.3 Å². The summed E-state index contributed by atoms with van der Waals surface area (Å²) in [4.78, 5) is 26.4. The Morgan fingerprint density at radius 2 is 1.97 bits per heavy atom. The van der Waals surface area contributed by atoms with Crippen molar-refractivity contribution in [3.63, 3.8) is 0 Å². The van der Waals surface area contributed by atoms with Gasteiger partial charge in [-0.15, -0.1) is 0 Å². The lowest BCUT2D eigenvalue weighted by Gasteiger charge is -2.50. The Hall–Kier alpha value is -2.38. The summed E-state index contributed by atoms with van der Waals surface area (Å²) in [5, 5.41) is 3.20. The maximum absolute atomic E-state index is 13.6. The third kappa shape index (κ3) is 3.20. The quantitative estimate of drug-likeness (QED) is 0.755. The van der Waals surface area contributed by atoms with Gasteiger partial charge in [0.2, 0.25) is 5.91 Å². The molecule has 30 heavy (non-hydrogen) atoms. The molecule has 1 aromatic rings. The van der Waals surface area contributed by atoms with Crippen molar-refractivity contribution in [3.8, 4) is 11.8 Å². The molecule has 3 aliphatic rings. The average molecular weight is 406 g/mol. The van der Waals surface area contributed by atoms with Crippen LogP contribution in [0, 0.1) is 23.2 Å². The molecule has 0 bridgehead atoms. The molecular weight excluding hydrogens is 374 g/mol. The predicted molar refractivity (Wildman–Crippen MR) is 117 cm³/mol. The third-order valence-electron chi connectivity index (χ3n) is 7.18. The molecule has 1 aliphatic heterocycles. The Balaban J connectivity index is 1.82. The van der Waals surface area contributed by atoms with Gasteiger partial charge < -0.3 is 10.1 Å². The number of amides is 1. The summed E-state index contributed by atoms with van der Waals surface area (Å²) in [7, 11) is 1.75. The summed E-state index contributed by atoms with van der Waals surface area (Å²) in [5.41, 5.74) is 2.18. The molecule has 1 fully saturated rings. The molecule has 2 spiro atoms. The molecule has 4 rings (SSSR count). The lowest BCUT2D eigenvalue weighted by molar-refractivity contribution is -0.138. The Morgan fingerprint density at radius 3 is 2.63 bits per heavy atom. The lowest BCUT2D eigenvalue weighted by Crippen LogP contribution is -2.63. The number of nitrogens with one attached hydrogen (secondary N) is 1. The summed E-state index contributed by atoms with van der Waals surface area (Å²) in [5.74, 6) is 6.88. The average Bonchev–Trinajstić information content (AvgIpc) is 2.96. The first kappa shape index (κ1) is 20.9. The van der Waals surface area contributed by atoms with Crippen LogP contribution in [-0.4, -0.2) is 24.9 Å². The smallest absolute Gasteiger partial charge is 0.248 e. The normalized spacial score (nSPS) is 30.2. The van der Waals surface area contributed by atoms with Crippen molar-refractivity contribution in [2.45, 2.75) is 70.9 Å². The highest BCUT2D eigenvalue weighted by Gasteiger charge is 2.63. The summed E-state index contributed by atoms with van der Waals surface area (Å²) in [6.45, 7) is 6.01. The van der Waals surface area contributed by atoms with Crippen molar-refractivity contribution < 1.29 is 14.3 Å². The molecule has 0 radical (unpaired) electrons. The minimum absolute atomic E-state index is 0.00139. The molecule has 2 aliphatic carbocycles. The Labute approximate surface area is 179 Å². The Kier molecular flexibility index (Phi) is 5.36. The van der Waals surface area contributed by atoms with E-state index in [0.717, 1.165) is 55.2 Å². The molecule has 1 heterocycles. The highest BCUT2D eigenvalue weighted by Crippen LogP contribution is 2.59. The number of hydrogen-bond donors (Lipinski definition) is 1. The highest BCUT2D eigenvalue weighted by molar-refractivity contribution is 6.13. The molecule has 1 amide bonds. The Bertz CT molecular complexity index is 970. The first-order valence-corrected chi connectivity index (χ1v) is 11.0. The van der Waals surface area contributed by atoms with E-state index in [1.165, 1.54) is 0 Å². The van der Waals surface area contributed by atoms with E-state index in [1.807, 2.05) is 6.07 Å². The van der Waals surface area contributed by atoms with Gasteiger partial charge in [-0.05, 0) is 74.3 Å². The number of benzene rings is 1. The monoisotopic (exact) mass is 405 g/mol. The van der Waals surface area contributed by atoms with Crippen molar-refractivity contribution in [1.82, 2.24) is 5.32 Å². The van der Waals surface area contributed by atoms with Gasteiger partial charge in [0.15, 0.2) is 5.78 Å². The molecule has 1 saturated carbocycles. The van der Waals surface area contributed by atoms with Crippen molar-refractivity contribution >= 4 is 11.7 Å². The standard InChI is InChI=1S/C26H31NO3/c1-17(2)6-5-7-19-8-9-20-16-25(12-10-21(30-4)11-13-25)26(22(20)15-19)23(28)14-18(3)24(29)27-26/h8-9,14-15,17,21H,6,10-13,16H2,1-4H3,(H,27,29). The van der Waals surface area contributed by atoms with E-state index >= 15 is 0 Å². The van der Waals surface area contributed by atoms with E-state index in [1.54, 1.807) is 20.1 Å². The molecular formula is C26H31NO3. The van der Waals surface area contributed by atoms with E-state index in [4.69, 9.17) is 4.74 Å². The van der Waals surface area contributed by atoms with E-state index in [0.29, 0.717) is 11.5 Å². The van der Waals surface area contributed by atoms with Gasteiger partial charge in [0.25, 0.3) is 0 Å². The number of carbonyl (C=O) groups is 2. The summed E-state index contributed by atoms with van der Waals surface area (Å²) in [6, 6.07) is 6.21. The van der Waals surface area contributed by atoms with Crippen LogP contribution in [0.4, 0.5) is 0 Å². The SMILES string of the molecule is COC1CCC2(CC1)Cc1ccc(C#CCC(C)C)cc1C21NC(=O)C(C)=CC1=O. The second-order valence-electron chi connectivity index (χ2n) is 9.56. The van der Waals surface area contributed by atoms with Gasteiger partial charge in [-0.3, -0.25) is 9.59 Å². The van der Waals surface area contributed by atoms with Crippen LogP contribution in [0.25, 0.3) is 0 Å². The minimum atomic E-state index is -0.993. The zero-order valence-corrected chi connectivity index (χ0v) is 18.4. The maximum atomic E-state index is 13.6. The first-order chi connectivity index (χ1) is 14.3. The molecule has 0 saturated heterocycles. The molecule has 0 aromatic heterocycles. The lowest BCUT2D eigenvalue weighted by atomic mass is 9.59. The topological polar surface area (TPSA) is 55.4 Å². The highest BCUT2D eigenvalue weighted by atomic mass is 16.5. The van der Waals surface area contributed by atoms with Crippen LogP contribution in [0.15, 0.2) is 29.8 Å². The number of rotatable bonds is 2. The fraction of sp³-hybridized carbons (Fsp3) is 0.538. The summed E-state index contributed by atoms with van der Waals surface area (Å²) in [6.07, 6.45) is 6.93. The number of methoxy groups -OCH3 is 1. The molecule has 158 valence electrons. The van der Waals surface area contributed by atoms with Crippen LogP contribution in [0.3, 0.4) is 0 Å². The van der Waals surface area contributed by atoms with E-state index in [9.17, 15) is 9.59 Å². The van der Waals surface area contributed by atoms with Gasteiger partial charge in [-0.2, -0.15) is 0 Å². The van der Waals surface area contributed by atoms with E-state index in [-0.39, 0.29) is 23.2 Å². The molecule has 1 N–H and O–H groups in total. The summed E-state index contributed by atoms with van der Waals surface area (Å²) < 4.78 is 5.59. The van der Waals surface area contributed by atoms with Gasteiger partial charge >= 0.3 is 0 Å². The molecule has 4 nitrogen and oxygen atoms in total. The van der Waals surface area contributed by atoms with Crippen LogP contribution in [0.2, 0.25) is 0 Å². The van der Waals surface area contributed by atoms with Crippen LogP contribution in [0.1, 0.15) is 69.6 Å². The van der Waals surface area contributed by atoms with Crippen molar-refractivity contribution in [3.05, 3.63) is 46.5 Å². The molecule has 1 aromatic carbocycles. The van der Waals surface area contributed by atoms with Gasteiger partial charge in [0.1, 0.15) is 5.54 Å². The van der Waals surface area contributed by atoms with Crippen LogP contribution in [0.5, 0.6) is 0 Å². The largest absolute Gasteiger partial charge is 0.381 e. The second kappa shape index (κ2) is 7.71. The first-order valence-electron chi connectivity index (χ1n) is 11.0.